The number of carbonyl (C=O) groups excluding carboxylic acids is 1. The fourth-order valence-electron chi connectivity index (χ4n) is 2.75. The van der Waals surface area contributed by atoms with E-state index in [1.165, 1.54) is 12.3 Å². The van der Waals surface area contributed by atoms with Crippen LogP contribution in [0.4, 0.5) is 0 Å². The molecule has 0 saturated carbocycles. The normalized spacial score (nSPS) is 10.6. The first kappa shape index (κ1) is 21.0. The Bertz CT molecular complexity index is 1010. The number of carbonyl (C=O) groups is 1. The van der Waals surface area contributed by atoms with Gasteiger partial charge in [0.2, 0.25) is 16.9 Å². The molecule has 0 radical (unpaired) electrons. The maximum absolute atomic E-state index is 12.5. The molecule has 5 nitrogen and oxygen atoms in total. The summed E-state index contributed by atoms with van der Waals surface area (Å²) in [6.07, 6.45) is 2.40. The van der Waals surface area contributed by atoms with Crippen LogP contribution in [-0.2, 0) is 13.0 Å². The monoisotopic (exact) mass is 431 g/mol. The molecule has 29 heavy (non-hydrogen) atoms. The molecule has 0 bridgehead atoms. The van der Waals surface area contributed by atoms with Gasteiger partial charge >= 0.3 is 0 Å². The van der Waals surface area contributed by atoms with Gasteiger partial charge in [-0.05, 0) is 36.1 Å². The molecule has 3 rings (SSSR count). The van der Waals surface area contributed by atoms with E-state index in [9.17, 15) is 9.59 Å². The van der Waals surface area contributed by atoms with Gasteiger partial charge in [0.15, 0.2) is 0 Å². The SMILES string of the molecule is O=C(NCCCc1c(Cl)cccc1Cl)c1occc(=O)c1OCc1ccccc1. The second-order valence-electron chi connectivity index (χ2n) is 6.28. The summed E-state index contributed by atoms with van der Waals surface area (Å²) in [6, 6.07) is 15.9. The number of benzene rings is 2. The zero-order valence-corrected chi connectivity index (χ0v) is 17.0. The lowest BCUT2D eigenvalue weighted by Gasteiger charge is -2.10. The number of halogens is 2. The highest BCUT2D eigenvalue weighted by Gasteiger charge is 2.19. The van der Waals surface area contributed by atoms with Crippen LogP contribution in [-0.4, -0.2) is 12.5 Å². The smallest absolute Gasteiger partial charge is 0.291 e. The highest BCUT2D eigenvalue weighted by Crippen LogP contribution is 2.25. The van der Waals surface area contributed by atoms with E-state index in [-0.39, 0.29) is 18.1 Å². The van der Waals surface area contributed by atoms with Crippen LogP contribution in [0.2, 0.25) is 10.0 Å². The fourth-order valence-corrected chi connectivity index (χ4v) is 3.33. The van der Waals surface area contributed by atoms with Crippen molar-refractivity contribution in [1.29, 1.82) is 0 Å². The molecule has 1 amide bonds. The number of rotatable bonds is 8. The van der Waals surface area contributed by atoms with Gasteiger partial charge in [-0.15, -0.1) is 0 Å². The molecular formula is C22H19Cl2NO4. The Labute approximate surface area is 178 Å². The molecule has 3 aromatic rings. The number of hydrogen-bond donors (Lipinski definition) is 1. The Balaban J connectivity index is 1.60. The van der Waals surface area contributed by atoms with Gasteiger partial charge in [0, 0.05) is 22.7 Å². The van der Waals surface area contributed by atoms with Crippen LogP contribution in [0, 0.1) is 0 Å². The molecule has 0 saturated heterocycles. The van der Waals surface area contributed by atoms with Crippen LogP contribution in [0.25, 0.3) is 0 Å². The first-order valence-electron chi connectivity index (χ1n) is 9.06. The highest BCUT2D eigenvalue weighted by molar-refractivity contribution is 6.35. The molecule has 0 spiro atoms. The Morgan fingerprint density at radius 1 is 1.00 bits per heavy atom. The lowest BCUT2D eigenvalue weighted by atomic mass is 10.1. The van der Waals surface area contributed by atoms with Crippen LogP contribution in [0.15, 0.2) is 70.1 Å². The Morgan fingerprint density at radius 3 is 2.45 bits per heavy atom. The lowest BCUT2D eigenvalue weighted by Crippen LogP contribution is -2.27. The predicted molar refractivity (Wildman–Crippen MR) is 113 cm³/mol. The summed E-state index contributed by atoms with van der Waals surface area (Å²) in [7, 11) is 0. The molecule has 1 heterocycles. The van der Waals surface area contributed by atoms with Gasteiger partial charge in [-0.2, -0.15) is 0 Å². The number of nitrogens with one attached hydrogen (secondary N) is 1. The average Bonchev–Trinajstić information content (AvgIpc) is 2.72. The quantitative estimate of drug-likeness (QED) is 0.515. The third-order valence-corrected chi connectivity index (χ3v) is 4.93. The molecule has 0 aliphatic rings. The summed E-state index contributed by atoms with van der Waals surface area (Å²) in [4.78, 5) is 24.7. The van der Waals surface area contributed by atoms with Crippen LogP contribution < -0.4 is 15.5 Å². The van der Waals surface area contributed by atoms with E-state index in [0.717, 1.165) is 11.1 Å². The van der Waals surface area contributed by atoms with Crippen LogP contribution in [0.1, 0.15) is 28.1 Å². The zero-order valence-electron chi connectivity index (χ0n) is 15.5. The van der Waals surface area contributed by atoms with Crippen molar-refractivity contribution in [2.75, 3.05) is 6.54 Å². The van der Waals surface area contributed by atoms with E-state index in [0.29, 0.717) is 29.4 Å². The van der Waals surface area contributed by atoms with Gasteiger partial charge in [0.25, 0.3) is 5.91 Å². The third-order valence-electron chi connectivity index (χ3n) is 4.22. The molecule has 7 heteroatoms. The Hall–Kier alpha value is -2.76. The minimum atomic E-state index is -0.518. The lowest BCUT2D eigenvalue weighted by molar-refractivity contribution is 0.0914. The molecule has 0 aliphatic carbocycles. The summed E-state index contributed by atoms with van der Waals surface area (Å²) in [6.45, 7) is 0.512. The van der Waals surface area contributed by atoms with Crippen LogP contribution in [0.3, 0.4) is 0 Å². The van der Waals surface area contributed by atoms with Crippen LogP contribution in [0.5, 0.6) is 5.75 Å². The van der Waals surface area contributed by atoms with Gasteiger partial charge in [-0.1, -0.05) is 59.6 Å². The molecular weight excluding hydrogens is 413 g/mol. The first-order valence-corrected chi connectivity index (χ1v) is 9.81. The molecule has 0 atom stereocenters. The summed E-state index contributed by atoms with van der Waals surface area (Å²) in [5.41, 5.74) is 1.29. The average molecular weight is 432 g/mol. The molecule has 2 aromatic carbocycles. The Kier molecular flexibility index (Phi) is 7.33. The standard InChI is InChI=1S/C22H19Cl2NO4/c23-17-9-4-10-18(24)16(17)8-5-12-25-22(27)21-20(19(26)11-13-28-21)29-14-15-6-2-1-3-7-15/h1-4,6-7,9-11,13H,5,8,12,14H2,(H,25,27). The molecule has 1 N–H and O–H groups in total. The van der Waals surface area contributed by atoms with E-state index < -0.39 is 11.3 Å². The van der Waals surface area contributed by atoms with Gasteiger partial charge in [-0.3, -0.25) is 9.59 Å². The summed E-state index contributed by atoms with van der Waals surface area (Å²) in [5.74, 6) is -0.775. The third kappa shape index (κ3) is 5.62. The number of amides is 1. The molecule has 0 fully saturated rings. The maximum atomic E-state index is 12.5. The van der Waals surface area contributed by atoms with Gasteiger partial charge in [0.1, 0.15) is 6.61 Å². The van der Waals surface area contributed by atoms with Crippen molar-refractivity contribution in [1.82, 2.24) is 5.32 Å². The largest absolute Gasteiger partial charge is 0.481 e. The summed E-state index contributed by atoms with van der Waals surface area (Å²) in [5, 5.41) is 3.92. The second-order valence-corrected chi connectivity index (χ2v) is 7.09. The van der Waals surface area contributed by atoms with E-state index in [4.69, 9.17) is 32.4 Å². The summed E-state index contributed by atoms with van der Waals surface area (Å²) >= 11 is 12.3. The summed E-state index contributed by atoms with van der Waals surface area (Å²) < 4.78 is 10.8. The minimum absolute atomic E-state index is 0.108. The number of ether oxygens (including phenoxy) is 1. The van der Waals surface area contributed by atoms with E-state index in [2.05, 4.69) is 5.32 Å². The number of hydrogen-bond acceptors (Lipinski definition) is 4. The maximum Gasteiger partial charge on any atom is 0.291 e. The zero-order chi connectivity index (χ0) is 20.6. The molecule has 0 aliphatic heterocycles. The van der Waals surface area contributed by atoms with Crippen molar-refractivity contribution in [2.45, 2.75) is 19.4 Å². The van der Waals surface area contributed by atoms with Gasteiger partial charge in [-0.25, -0.2) is 0 Å². The topological polar surface area (TPSA) is 68.5 Å². The second kappa shape index (κ2) is 10.1. The van der Waals surface area contributed by atoms with Crippen LogP contribution >= 0.6 is 23.2 Å². The van der Waals surface area contributed by atoms with Gasteiger partial charge in [0.05, 0.1) is 6.26 Å². The molecule has 1 aromatic heterocycles. The van der Waals surface area contributed by atoms with Crippen molar-refractivity contribution >= 4 is 29.1 Å². The predicted octanol–water partition coefficient (Wildman–Crippen LogP) is 4.89. The molecule has 0 unspecified atom stereocenters. The van der Waals surface area contributed by atoms with Crippen molar-refractivity contribution in [3.63, 3.8) is 0 Å². The van der Waals surface area contributed by atoms with Crippen molar-refractivity contribution in [3.8, 4) is 5.75 Å². The molecule has 150 valence electrons. The fraction of sp³-hybridized carbons (Fsp3) is 0.182. The van der Waals surface area contributed by atoms with E-state index in [1.54, 1.807) is 18.2 Å². The minimum Gasteiger partial charge on any atom is -0.481 e. The first-order chi connectivity index (χ1) is 14.1. The van der Waals surface area contributed by atoms with Crippen molar-refractivity contribution in [3.05, 3.63) is 98.0 Å². The highest BCUT2D eigenvalue weighted by atomic mass is 35.5. The Morgan fingerprint density at radius 2 is 1.72 bits per heavy atom. The van der Waals surface area contributed by atoms with E-state index >= 15 is 0 Å². The van der Waals surface area contributed by atoms with Gasteiger partial charge < -0.3 is 14.5 Å². The van der Waals surface area contributed by atoms with E-state index in [1.807, 2.05) is 30.3 Å². The van der Waals surface area contributed by atoms with Crippen molar-refractivity contribution in [2.24, 2.45) is 0 Å². The van der Waals surface area contributed by atoms with Crippen molar-refractivity contribution < 1.29 is 13.9 Å².